The second kappa shape index (κ2) is 6.20. The van der Waals surface area contributed by atoms with Gasteiger partial charge in [-0.2, -0.15) is 0 Å². The Morgan fingerprint density at radius 3 is 2.32 bits per heavy atom. The molecule has 0 saturated heterocycles. The molecule has 3 aromatic heterocycles. The summed E-state index contributed by atoms with van der Waals surface area (Å²) in [5, 5.41) is 0. The average molecular weight is 368 g/mol. The highest BCUT2D eigenvalue weighted by Gasteiger charge is 2.19. The largest absolute Gasteiger partial charge is 0.355 e. The van der Waals surface area contributed by atoms with Crippen LogP contribution in [0.4, 0.5) is 0 Å². The fraction of sp³-hybridized carbons (Fsp3) is 0.250. The van der Waals surface area contributed by atoms with Gasteiger partial charge in [0, 0.05) is 39.4 Å². The summed E-state index contributed by atoms with van der Waals surface area (Å²) in [5.41, 5.74) is 12.5. The maximum absolute atomic E-state index is 5.00. The number of rotatable bonds is 0. The summed E-state index contributed by atoms with van der Waals surface area (Å²) in [4.78, 5) is 16.8. The highest BCUT2D eigenvalue weighted by atomic mass is 14.8. The van der Waals surface area contributed by atoms with Crippen LogP contribution < -0.4 is 0 Å². The molecule has 2 N–H and O–H groups in total. The van der Waals surface area contributed by atoms with Gasteiger partial charge >= 0.3 is 0 Å². The second-order valence-electron chi connectivity index (χ2n) is 7.98. The van der Waals surface area contributed by atoms with Gasteiger partial charge < -0.3 is 9.97 Å². The first-order valence-electron chi connectivity index (χ1n) is 9.83. The first kappa shape index (κ1) is 17.0. The van der Waals surface area contributed by atoms with E-state index < -0.39 is 0 Å². The fourth-order valence-electron chi connectivity index (χ4n) is 4.26. The molecule has 5 heterocycles. The van der Waals surface area contributed by atoms with E-state index in [1.807, 2.05) is 0 Å². The Morgan fingerprint density at radius 2 is 1.54 bits per heavy atom. The third-order valence-electron chi connectivity index (χ3n) is 5.94. The van der Waals surface area contributed by atoms with Crippen LogP contribution in [0.2, 0.25) is 0 Å². The highest BCUT2D eigenvalue weighted by molar-refractivity contribution is 5.78. The van der Waals surface area contributed by atoms with E-state index in [2.05, 4.69) is 80.1 Å². The quantitative estimate of drug-likeness (QED) is 0.415. The standard InChI is InChI=1S/C24H24N4/c1-13-9-21-11-19-6-5-17(25-19)10-18-7-8-20(26-18)12-22-14(2)15(3)24(28-22)16(4)23(13)27-21/h5-8,10-13,25,28H,9H2,1-4H3. The Morgan fingerprint density at radius 1 is 0.821 bits per heavy atom. The van der Waals surface area contributed by atoms with Gasteiger partial charge in [0.1, 0.15) is 0 Å². The number of nitrogens with zero attached hydrogens (tertiary/aromatic N) is 2. The van der Waals surface area contributed by atoms with Crippen molar-refractivity contribution in [1.82, 2.24) is 19.9 Å². The van der Waals surface area contributed by atoms with Crippen LogP contribution in [-0.4, -0.2) is 19.9 Å². The van der Waals surface area contributed by atoms with Crippen molar-refractivity contribution < 1.29 is 0 Å². The molecule has 3 aromatic rings. The highest BCUT2D eigenvalue weighted by Crippen LogP contribution is 2.30. The Bertz CT molecular complexity index is 1290. The van der Waals surface area contributed by atoms with Crippen LogP contribution >= 0.6 is 0 Å². The zero-order valence-electron chi connectivity index (χ0n) is 16.7. The van der Waals surface area contributed by atoms with Gasteiger partial charge in [-0.1, -0.05) is 6.92 Å². The summed E-state index contributed by atoms with van der Waals surface area (Å²) in [6.45, 7) is 8.80. The van der Waals surface area contributed by atoms with Gasteiger partial charge in [0.05, 0.1) is 11.4 Å². The number of hydrogen-bond donors (Lipinski definition) is 2. The third kappa shape index (κ3) is 2.76. The van der Waals surface area contributed by atoms with E-state index in [1.165, 1.54) is 27.9 Å². The molecule has 4 nitrogen and oxygen atoms in total. The van der Waals surface area contributed by atoms with Crippen molar-refractivity contribution >= 4 is 34.2 Å². The molecule has 0 spiro atoms. The molecular formula is C24H24N4. The predicted molar refractivity (Wildman–Crippen MR) is 116 cm³/mol. The normalized spacial score (nSPS) is 15.9. The number of H-pyrrole nitrogens is 2. The molecule has 5 rings (SSSR count). The first-order valence-corrected chi connectivity index (χ1v) is 9.83. The Balaban J connectivity index is 1.93. The number of aryl methyl sites for hydroxylation is 3. The summed E-state index contributed by atoms with van der Waals surface area (Å²) in [5.74, 6) is 0.414. The van der Waals surface area contributed by atoms with Gasteiger partial charge in [0.15, 0.2) is 0 Å². The van der Waals surface area contributed by atoms with E-state index in [0.29, 0.717) is 5.92 Å². The van der Waals surface area contributed by atoms with Gasteiger partial charge in [0.2, 0.25) is 0 Å². The minimum atomic E-state index is 0.414. The monoisotopic (exact) mass is 368 g/mol. The summed E-state index contributed by atoms with van der Waals surface area (Å²) < 4.78 is 0. The van der Waals surface area contributed by atoms with Crippen LogP contribution in [0.5, 0.6) is 0 Å². The van der Waals surface area contributed by atoms with Crippen LogP contribution in [0.15, 0.2) is 30.3 Å². The van der Waals surface area contributed by atoms with Crippen LogP contribution in [0.3, 0.4) is 0 Å². The van der Waals surface area contributed by atoms with Gasteiger partial charge in [-0.15, -0.1) is 0 Å². The average Bonchev–Trinajstić information content (AvgIpc) is 3.42. The molecule has 28 heavy (non-hydrogen) atoms. The Labute approximate surface area is 164 Å². The molecule has 0 fully saturated rings. The van der Waals surface area contributed by atoms with Crippen molar-refractivity contribution in [1.29, 1.82) is 0 Å². The van der Waals surface area contributed by atoms with Crippen molar-refractivity contribution in [3.63, 3.8) is 0 Å². The van der Waals surface area contributed by atoms with Crippen molar-refractivity contribution in [2.24, 2.45) is 0 Å². The number of aromatic nitrogens is 4. The van der Waals surface area contributed by atoms with E-state index in [4.69, 9.17) is 9.97 Å². The lowest BCUT2D eigenvalue weighted by atomic mass is 10.0. The molecule has 0 aromatic carbocycles. The van der Waals surface area contributed by atoms with Gasteiger partial charge in [-0.25, -0.2) is 4.98 Å². The number of nitrogens with one attached hydrogen (secondary N) is 2. The van der Waals surface area contributed by atoms with Gasteiger partial charge in [-0.05, 0) is 86.4 Å². The lowest BCUT2D eigenvalue weighted by Gasteiger charge is -2.04. The van der Waals surface area contributed by atoms with E-state index in [9.17, 15) is 0 Å². The summed E-state index contributed by atoms with van der Waals surface area (Å²) in [6, 6.07) is 10.6. The number of fused-ring (bicyclic) bond motifs is 8. The maximum atomic E-state index is 5.00. The van der Waals surface area contributed by atoms with Crippen molar-refractivity contribution in [2.45, 2.75) is 40.0 Å². The van der Waals surface area contributed by atoms with Gasteiger partial charge in [-0.3, -0.25) is 4.98 Å². The third-order valence-corrected chi connectivity index (χ3v) is 5.94. The van der Waals surface area contributed by atoms with Crippen LogP contribution in [0.1, 0.15) is 52.3 Å². The fourth-order valence-corrected chi connectivity index (χ4v) is 4.26. The molecule has 1 atom stereocenters. The van der Waals surface area contributed by atoms with Crippen LogP contribution in [-0.2, 0) is 6.42 Å². The number of hydrogen-bond acceptors (Lipinski definition) is 2. The molecule has 8 bridgehead atoms. The minimum absolute atomic E-state index is 0.414. The zero-order valence-corrected chi connectivity index (χ0v) is 16.7. The molecule has 4 heteroatoms. The Hall–Kier alpha value is -3.14. The summed E-state index contributed by atoms with van der Waals surface area (Å²) in [7, 11) is 0. The summed E-state index contributed by atoms with van der Waals surface area (Å²) >= 11 is 0. The van der Waals surface area contributed by atoms with Crippen molar-refractivity contribution in [2.75, 3.05) is 0 Å². The molecule has 0 radical (unpaired) electrons. The molecule has 1 unspecified atom stereocenters. The van der Waals surface area contributed by atoms with Crippen LogP contribution in [0.25, 0.3) is 34.2 Å². The topological polar surface area (TPSA) is 57.4 Å². The predicted octanol–water partition coefficient (Wildman–Crippen LogP) is 5.76. The van der Waals surface area contributed by atoms with Gasteiger partial charge in [0.25, 0.3) is 0 Å². The SMILES string of the molecule is Cc1c(C)c2[nH]c1cc1nc(cc3ccc(cc4nc(c2C)C(C)C4)[nH]3)C=C1. The smallest absolute Gasteiger partial charge is 0.0658 e. The molecule has 140 valence electrons. The van der Waals surface area contributed by atoms with E-state index in [1.54, 1.807) is 0 Å². The van der Waals surface area contributed by atoms with Crippen molar-refractivity contribution in [3.05, 3.63) is 69.8 Å². The second-order valence-corrected chi connectivity index (χ2v) is 7.98. The molecular weight excluding hydrogens is 344 g/mol. The number of aromatic amines is 2. The first-order chi connectivity index (χ1) is 13.5. The van der Waals surface area contributed by atoms with Crippen LogP contribution in [0, 0.1) is 20.8 Å². The lowest BCUT2D eigenvalue weighted by Crippen LogP contribution is -1.93. The Kier molecular flexibility index (Phi) is 3.76. The molecule has 2 aliphatic heterocycles. The van der Waals surface area contributed by atoms with Crippen molar-refractivity contribution in [3.8, 4) is 0 Å². The van der Waals surface area contributed by atoms with E-state index >= 15 is 0 Å². The lowest BCUT2D eigenvalue weighted by molar-refractivity contribution is 0.790. The zero-order chi connectivity index (χ0) is 19.4. The summed E-state index contributed by atoms with van der Waals surface area (Å²) in [6.07, 6.45) is 5.09. The maximum Gasteiger partial charge on any atom is 0.0658 e. The van der Waals surface area contributed by atoms with E-state index in [0.717, 1.165) is 40.1 Å². The molecule has 0 aliphatic carbocycles. The van der Waals surface area contributed by atoms with E-state index in [-0.39, 0.29) is 0 Å². The molecule has 0 amide bonds. The molecule has 0 saturated carbocycles. The molecule has 2 aliphatic rings. The minimum Gasteiger partial charge on any atom is -0.355 e.